The molecule has 0 unspecified atom stereocenters. The van der Waals surface area contributed by atoms with Crippen LogP contribution in [-0.2, 0) is 14.8 Å². The van der Waals surface area contributed by atoms with Crippen LogP contribution in [0.4, 0.5) is 0 Å². The quantitative estimate of drug-likeness (QED) is 0.845. The maximum absolute atomic E-state index is 11.8. The van der Waals surface area contributed by atoms with E-state index in [1.165, 1.54) is 24.3 Å². The van der Waals surface area contributed by atoms with Gasteiger partial charge in [-0.05, 0) is 37.1 Å². The third-order valence-electron chi connectivity index (χ3n) is 2.49. The van der Waals surface area contributed by atoms with Crippen LogP contribution in [0.5, 0.6) is 0 Å². The number of hydrogen-bond donors (Lipinski definition) is 2. The Hall–Kier alpha value is -1.11. The van der Waals surface area contributed by atoms with E-state index in [0.717, 1.165) is 12.8 Å². The van der Waals surface area contributed by atoms with E-state index in [4.69, 9.17) is 11.6 Å². The van der Waals surface area contributed by atoms with Gasteiger partial charge >= 0.3 is 0 Å². The lowest BCUT2D eigenvalue weighted by Crippen LogP contribution is -2.37. The Bertz CT molecular complexity index is 538. The maximum atomic E-state index is 11.8. The Labute approximate surface area is 111 Å². The van der Waals surface area contributed by atoms with Crippen molar-refractivity contribution in [2.45, 2.75) is 23.8 Å². The number of carbonyl (C=O) groups is 1. The van der Waals surface area contributed by atoms with Crippen LogP contribution in [0.25, 0.3) is 0 Å². The van der Waals surface area contributed by atoms with Crippen molar-refractivity contribution in [1.29, 1.82) is 0 Å². The van der Waals surface area contributed by atoms with Gasteiger partial charge in [-0.1, -0.05) is 11.6 Å². The molecule has 0 bridgehead atoms. The smallest absolute Gasteiger partial charge is 0.241 e. The molecule has 98 valence electrons. The molecule has 1 aliphatic rings. The predicted octanol–water partition coefficient (Wildman–Crippen LogP) is 0.897. The number of halogens is 1. The molecule has 2 N–H and O–H groups in total. The van der Waals surface area contributed by atoms with Crippen molar-refractivity contribution in [1.82, 2.24) is 10.0 Å². The van der Waals surface area contributed by atoms with E-state index < -0.39 is 10.0 Å². The van der Waals surface area contributed by atoms with Gasteiger partial charge in [-0.3, -0.25) is 4.79 Å². The highest BCUT2D eigenvalue weighted by Crippen LogP contribution is 2.18. The second kappa shape index (κ2) is 5.26. The number of sulfonamides is 1. The van der Waals surface area contributed by atoms with Crippen LogP contribution in [0.15, 0.2) is 29.2 Å². The first-order chi connectivity index (χ1) is 8.47. The Morgan fingerprint density at radius 3 is 2.44 bits per heavy atom. The molecule has 0 radical (unpaired) electrons. The summed E-state index contributed by atoms with van der Waals surface area (Å²) in [6.45, 7) is -0.249. The van der Waals surface area contributed by atoms with Crippen LogP contribution in [0.3, 0.4) is 0 Å². The summed E-state index contributed by atoms with van der Waals surface area (Å²) in [5, 5.41) is 3.16. The van der Waals surface area contributed by atoms with Crippen LogP contribution in [0, 0.1) is 0 Å². The summed E-state index contributed by atoms with van der Waals surface area (Å²) in [6, 6.07) is 5.98. The van der Waals surface area contributed by atoms with Crippen LogP contribution in [0.2, 0.25) is 5.02 Å². The summed E-state index contributed by atoms with van der Waals surface area (Å²) in [7, 11) is -3.66. The largest absolute Gasteiger partial charge is 0.352 e. The molecule has 1 aromatic carbocycles. The van der Waals surface area contributed by atoms with Crippen molar-refractivity contribution in [3.8, 4) is 0 Å². The molecule has 0 spiro atoms. The number of benzene rings is 1. The second-order valence-electron chi connectivity index (χ2n) is 4.12. The zero-order valence-electron chi connectivity index (χ0n) is 9.52. The molecular formula is C11H13ClN2O3S. The van der Waals surface area contributed by atoms with Crippen molar-refractivity contribution >= 4 is 27.5 Å². The monoisotopic (exact) mass is 288 g/mol. The zero-order valence-corrected chi connectivity index (χ0v) is 11.1. The first kappa shape index (κ1) is 13.3. The van der Waals surface area contributed by atoms with Crippen molar-refractivity contribution < 1.29 is 13.2 Å². The molecule has 0 saturated heterocycles. The van der Waals surface area contributed by atoms with Crippen LogP contribution >= 0.6 is 11.6 Å². The van der Waals surface area contributed by atoms with E-state index in [1.807, 2.05) is 0 Å². The molecule has 1 fully saturated rings. The number of rotatable bonds is 5. The molecule has 2 rings (SSSR count). The van der Waals surface area contributed by atoms with Crippen LogP contribution < -0.4 is 10.0 Å². The van der Waals surface area contributed by atoms with Crippen molar-refractivity contribution in [2.75, 3.05) is 6.54 Å². The fraction of sp³-hybridized carbons (Fsp3) is 0.364. The Morgan fingerprint density at radius 2 is 1.89 bits per heavy atom. The lowest BCUT2D eigenvalue weighted by atomic mass is 10.4. The summed E-state index contributed by atoms with van der Waals surface area (Å²) < 4.78 is 25.9. The highest BCUT2D eigenvalue weighted by atomic mass is 35.5. The molecule has 0 heterocycles. The number of carbonyl (C=O) groups excluding carboxylic acids is 1. The summed E-state index contributed by atoms with van der Waals surface area (Å²) in [4.78, 5) is 11.5. The highest BCUT2D eigenvalue weighted by Gasteiger charge is 2.24. The van der Waals surface area contributed by atoms with Crippen molar-refractivity contribution in [3.05, 3.63) is 29.3 Å². The third-order valence-corrected chi connectivity index (χ3v) is 4.16. The Kier molecular flexibility index (Phi) is 3.89. The minimum absolute atomic E-state index is 0.0890. The number of hydrogen-bond acceptors (Lipinski definition) is 3. The summed E-state index contributed by atoms with van der Waals surface area (Å²) in [6.07, 6.45) is 1.94. The zero-order chi connectivity index (χ0) is 13.2. The fourth-order valence-electron chi connectivity index (χ4n) is 1.36. The molecule has 18 heavy (non-hydrogen) atoms. The summed E-state index contributed by atoms with van der Waals surface area (Å²) in [5.41, 5.74) is 0. The highest BCUT2D eigenvalue weighted by molar-refractivity contribution is 7.89. The minimum Gasteiger partial charge on any atom is -0.352 e. The number of amides is 1. The van der Waals surface area contributed by atoms with Crippen molar-refractivity contribution in [2.24, 2.45) is 0 Å². The average molecular weight is 289 g/mol. The van der Waals surface area contributed by atoms with E-state index in [9.17, 15) is 13.2 Å². The standard InChI is InChI=1S/C11H13ClN2O3S/c12-8-1-5-10(6-2-8)18(16,17)13-7-11(15)14-9-3-4-9/h1-2,5-6,9,13H,3-4,7H2,(H,14,15). The average Bonchev–Trinajstić information content (AvgIpc) is 3.11. The molecule has 0 aromatic heterocycles. The molecule has 1 saturated carbocycles. The fourth-order valence-corrected chi connectivity index (χ4v) is 2.47. The Balaban J connectivity index is 1.94. The van der Waals surface area contributed by atoms with Gasteiger partial charge in [0.1, 0.15) is 0 Å². The predicted molar refractivity (Wildman–Crippen MR) is 67.8 cm³/mol. The van der Waals surface area contributed by atoms with Gasteiger partial charge in [0.05, 0.1) is 11.4 Å². The van der Waals surface area contributed by atoms with Gasteiger partial charge in [-0.25, -0.2) is 13.1 Å². The molecule has 1 aromatic rings. The van der Waals surface area contributed by atoms with E-state index in [2.05, 4.69) is 10.0 Å². The van der Waals surface area contributed by atoms with Gasteiger partial charge in [0, 0.05) is 11.1 Å². The second-order valence-corrected chi connectivity index (χ2v) is 6.32. The first-order valence-corrected chi connectivity index (χ1v) is 7.38. The minimum atomic E-state index is -3.66. The van der Waals surface area contributed by atoms with Crippen LogP contribution in [-0.4, -0.2) is 26.9 Å². The molecule has 5 nitrogen and oxygen atoms in total. The molecular weight excluding hydrogens is 276 g/mol. The first-order valence-electron chi connectivity index (χ1n) is 5.52. The van der Waals surface area contributed by atoms with Gasteiger partial charge in [-0.2, -0.15) is 0 Å². The van der Waals surface area contributed by atoms with E-state index >= 15 is 0 Å². The summed E-state index contributed by atoms with van der Waals surface area (Å²) in [5.74, 6) is -0.310. The molecule has 1 aliphatic carbocycles. The molecule has 7 heteroatoms. The van der Waals surface area contributed by atoms with Gasteiger partial charge in [-0.15, -0.1) is 0 Å². The number of nitrogens with one attached hydrogen (secondary N) is 2. The van der Waals surface area contributed by atoms with Crippen molar-refractivity contribution in [3.63, 3.8) is 0 Å². The van der Waals surface area contributed by atoms with Gasteiger partial charge in [0.15, 0.2) is 0 Å². The normalized spacial score (nSPS) is 15.4. The van der Waals surface area contributed by atoms with E-state index in [0.29, 0.717) is 5.02 Å². The lowest BCUT2D eigenvalue weighted by Gasteiger charge is -2.07. The molecule has 0 aliphatic heterocycles. The third kappa shape index (κ3) is 3.69. The van der Waals surface area contributed by atoms with Crippen LogP contribution in [0.1, 0.15) is 12.8 Å². The topological polar surface area (TPSA) is 75.3 Å². The SMILES string of the molecule is O=C(CNS(=O)(=O)c1ccc(Cl)cc1)NC1CC1. The summed E-state index contributed by atoms with van der Waals surface area (Å²) >= 11 is 5.67. The van der Waals surface area contributed by atoms with Gasteiger partial charge < -0.3 is 5.32 Å². The van der Waals surface area contributed by atoms with Gasteiger partial charge in [0.25, 0.3) is 0 Å². The lowest BCUT2D eigenvalue weighted by molar-refractivity contribution is -0.120. The van der Waals surface area contributed by atoms with E-state index in [1.54, 1.807) is 0 Å². The Morgan fingerprint density at radius 1 is 1.28 bits per heavy atom. The van der Waals surface area contributed by atoms with E-state index in [-0.39, 0.29) is 23.4 Å². The molecule has 1 amide bonds. The maximum Gasteiger partial charge on any atom is 0.241 e. The van der Waals surface area contributed by atoms with Gasteiger partial charge in [0.2, 0.25) is 15.9 Å². The molecule has 0 atom stereocenters.